The number of aromatic nitrogens is 2. The number of nitrogens with two attached hydrogens (primary N) is 1. The van der Waals surface area contributed by atoms with Crippen LogP contribution in [0.25, 0.3) is 0 Å². The zero-order chi connectivity index (χ0) is 12.4. The molecule has 1 aromatic carbocycles. The van der Waals surface area contributed by atoms with Gasteiger partial charge in [0.2, 0.25) is 0 Å². The molecular formula is C14H19N3. The number of rotatable bonds is 3. The Morgan fingerprint density at radius 1 is 1.18 bits per heavy atom. The highest BCUT2D eigenvalue weighted by Gasteiger charge is 2.05. The minimum absolute atomic E-state index is 0.499. The van der Waals surface area contributed by atoms with Crippen molar-refractivity contribution in [1.29, 1.82) is 0 Å². The highest BCUT2D eigenvalue weighted by molar-refractivity contribution is 5.37. The lowest BCUT2D eigenvalue weighted by Crippen LogP contribution is -2.06. The molecule has 3 nitrogen and oxygen atoms in total. The van der Waals surface area contributed by atoms with E-state index in [-0.39, 0.29) is 0 Å². The normalized spacial score (nSPS) is 10.8. The number of hydrogen-bond donors (Lipinski definition) is 1. The van der Waals surface area contributed by atoms with Crippen molar-refractivity contribution in [3.63, 3.8) is 0 Å². The quantitative estimate of drug-likeness (QED) is 0.877. The Balaban J connectivity index is 2.29. The fraction of sp³-hybridized carbons (Fsp3) is 0.357. The third-order valence-electron chi connectivity index (χ3n) is 3.07. The molecule has 0 aliphatic heterocycles. The highest BCUT2D eigenvalue weighted by Crippen LogP contribution is 2.17. The second-order valence-electron chi connectivity index (χ2n) is 4.59. The zero-order valence-corrected chi connectivity index (χ0v) is 10.7. The van der Waals surface area contributed by atoms with Gasteiger partial charge < -0.3 is 5.73 Å². The summed E-state index contributed by atoms with van der Waals surface area (Å²) >= 11 is 0. The van der Waals surface area contributed by atoms with Gasteiger partial charge in [0.25, 0.3) is 0 Å². The third-order valence-corrected chi connectivity index (χ3v) is 3.07. The lowest BCUT2D eigenvalue weighted by atomic mass is 10.00. The Morgan fingerprint density at radius 3 is 2.35 bits per heavy atom. The molecule has 3 heteroatoms. The highest BCUT2D eigenvalue weighted by atomic mass is 15.3. The van der Waals surface area contributed by atoms with E-state index < -0.39 is 0 Å². The van der Waals surface area contributed by atoms with Crippen molar-refractivity contribution in [2.75, 3.05) is 0 Å². The van der Waals surface area contributed by atoms with E-state index in [9.17, 15) is 0 Å². The van der Waals surface area contributed by atoms with E-state index >= 15 is 0 Å². The molecule has 0 fully saturated rings. The van der Waals surface area contributed by atoms with Crippen LogP contribution in [-0.4, -0.2) is 9.78 Å². The van der Waals surface area contributed by atoms with Gasteiger partial charge >= 0.3 is 0 Å². The van der Waals surface area contributed by atoms with Gasteiger partial charge in [-0.05, 0) is 43.5 Å². The first-order valence-corrected chi connectivity index (χ1v) is 5.89. The van der Waals surface area contributed by atoms with Crippen LogP contribution in [-0.2, 0) is 13.1 Å². The molecule has 1 aromatic heterocycles. The van der Waals surface area contributed by atoms with Crippen molar-refractivity contribution in [3.05, 3.63) is 52.3 Å². The lowest BCUT2D eigenvalue weighted by molar-refractivity contribution is 0.666. The van der Waals surface area contributed by atoms with Gasteiger partial charge in [0.1, 0.15) is 0 Å². The number of hydrogen-bond acceptors (Lipinski definition) is 2. The minimum Gasteiger partial charge on any atom is -0.325 e. The summed E-state index contributed by atoms with van der Waals surface area (Å²) in [6.45, 7) is 7.76. The number of aryl methyl sites for hydroxylation is 3. The summed E-state index contributed by atoms with van der Waals surface area (Å²) in [6, 6.07) is 6.41. The summed E-state index contributed by atoms with van der Waals surface area (Å²) in [4.78, 5) is 0. The van der Waals surface area contributed by atoms with Crippen LogP contribution in [0.15, 0.2) is 24.4 Å². The molecule has 0 atom stereocenters. The maximum atomic E-state index is 5.56. The lowest BCUT2D eigenvalue weighted by Gasteiger charge is -2.11. The van der Waals surface area contributed by atoms with E-state index in [4.69, 9.17) is 5.73 Å². The summed E-state index contributed by atoms with van der Waals surface area (Å²) in [5, 5.41) is 4.42. The summed E-state index contributed by atoms with van der Waals surface area (Å²) in [5.74, 6) is 0. The van der Waals surface area contributed by atoms with Crippen molar-refractivity contribution in [2.24, 2.45) is 5.73 Å². The molecule has 0 spiro atoms. The van der Waals surface area contributed by atoms with Crippen LogP contribution in [0.4, 0.5) is 0 Å². The molecule has 2 rings (SSSR count). The van der Waals surface area contributed by atoms with Gasteiger partial charge in [-0.25, -0.2) is 0 Å². The first-order valence-electron chi connectivity index (χ1n) is 5.89. The molecule has 17 heavy (non-hydrogen) atoms. The predicted octanol–water partition coefficient (Wildman–Crippen LogP) is 2.32. The molecule has 0 aliphatic carbocycles. The van der Waals surface area contributed by atoms with E-state index in [1.807, 2.05) is 16.9 Å². The van der Waals surface area contributed by atoms with Crippen LogP contribution in [0.2, 0.25) is 0 Å². The fourth-order valence-corrected chi connectivity index (χ4v) is 2.22. The van der Waals surface area contributed by atoms with Gasteiger partial charge in [-0.2, -0.15) is 5.10 Å². The van der Waals surface area contributed by atoms with E-state index in [1.54, 1.807) is 0 Å². The first-order chi connectivity index (χ1) is 8.10. The topological polar surface area (TPSA) is 43.8 Å². The van der Waals surface area contributed by atoms with Crippen LogP contribution < -0.4 is 5.73 Å². The second-order valence-corrected chi connectivity index (χ2v) is 4.59. The molecule has 0 saturated carbocycles. The number of nitrogens with zero attached hydrogens (tertiary/aromatic N) is 2. The Hall–Kier alpha value is -1.61. The molecule has 0 saturated heterocycles. The molecule has 2 N–H and O–H groups in total. The molecule has 90 valence electrons. The van der Waals surface area contributed by atoms with E-state index in [0.29, 0.717) is 6.54 Å². The Bertz CT molecular complexity index is 503. The maximum Gasteiger partial charge on any atom is 0.0760 e. The summed E-state index contributed by atoms with van der Waals surface area (Å²) in [5.41, 5.74) is 11.8. The fourth-order valence-electron chi connectivity index (χ4n) is 2.22. The monoisotopic (exact) mass is 229 g/mol. The van der Waals surface area contributed by atoms with Crippen molar-refractivity contribution in [2.45, 2.75) is 33.9 Å². The van der Waals surface area contributed by atoms with Crippen molar-refractivity contribution < 1.29 is 0 Å². The van der Waals surface area contributed by atoms with Crippen molar-refractivity contribution >= 4 is 0 Å². The van der Waals surface area contributed by atoms with Gasteiger partial charge in [0.05, 0.1) is 12.2 Å². The largest absolute Gasteiger partial charge is 0.325 e. The Kier molecular flexibility index (Phi) is 3.29. The van der Waals surface area contributed by atoms with Crippen LogP contribution in [0.1, 0.15) is 27.9 Å². The van der Waals surface area contributed by atoms with Gasteiger partial charge in [-0.1, -0.05) is 17.7 Å². The minimum atomic E-state index is 0.499. The Morgan fingerprint density at radius 2 is 1.82 bits per heavy atom. The molecule has 1 heterocycles. The van der Waals surface area contributed by atoms with Gasteiger partial charge in [-0.15, -0.1) is 0 Å². The average molecular weight is 229 g/mol. The van der Waals surface area contributed by atoms with Crippen molar-refractivity contribution in [3.8, 4) is 0 Å². The van der Waals surface area contributed by atoms with Crippen molar-refractivity contribution in [1.82, 2.24) is 9.78 Å². The molecule has 0 radical (unpaired) electrons. The van der Waals surface area contributed by atoms with Crippen LogP contribution in [0.5, 0.6) is 0 Å². The van der Waals surface area contributed by atoms with Gasteiger partial charge in [-0.3, -0.25) is 4.68 Å². The van der Waals surface area contributed by atoms with E-state index in [0.717, 1.165) is 12.2 Å². The zero-order valence-electron chi connectivity index (χ0n) is 10.7. The summed E-state index contributed by atoms with van der Waals surface area (Å²) < 4.78 is 1.95. The van der Waals surface area contributed by atoms with E-state index in [1.165, 1.54) is 22.3 Å². The smallest absolute Gasteiger partial charge is 0.0760 e. The average Bonchev–Trinajstić information content (AvgIpc) is 2.71. The summed E-state index contributed by atoms with van der Waals surface area (Å²) in [7, 11) is 0. The predicted molar refractivity (Wildman–Crippen MR) is 69.9 cm³/mol. The molecule has 0 unspecified atom stereocenters. The molecular weight excluding hydrogens is 210 g/mol. The standard InChI is InChI=1S/C14H19N3/c1-10-6-11(2)14(12(3)7-10)9-17-5-4-13(8-15)16-17/h4-7H,8-9,15H2,1-3H3. The molecule has 0 aliphatic rings. The molecule has 0 amide bonds. The maximum absolute atomic E-state index is 5.56. The van der Waals surface area contributed by atoms with Crippen LogP contribution >= 0.6 is 0 Å². The Labute approximate surface area is 102 Å². The third kappa shape index (κ3) is 2.56. The summed E-state index contributed by atoms with van der Waals surface area (Å²) in [6.07, 6.45) is 1.99. The number of benzene rings is 1. The second kappa shape index (κ2) is 4.72. The SMILES string of the molecule is Cc1cc(C)c(Cn2ccc(CN)n2)c(C)c1. The molecule has 2 aromatic rings. The van der Waals surface area contributed by atoms with Gasteiger partial charge in [0, 0.05) is 12.7 Å². The van der Waals surface area contributed by atoms with Crippen LogP contribution in [0, 0.1) is 20.8 Å². The first kappa shape index (κ1) is 11.9. The van der Waals surface area contributed by atoms with E-state index in [2.05, 4.69) is 38.0 Å². The molecule has 0 bridgehead atoms. The van der Waals surface area contributed by atoms with Crippen LogP contribution in [0.3, 0.4) is 0 Å². The van der Waals surface area contributed by atoms with Gasteiger partial charge in [0.15, 0.2) is 0 Å².